The van der Waals surface area contributed by atoms with Crippen molar-refractivity contribution in [3.8, 4) is 5.75 Å². The Morgan fingerprint density at radius 2 is 1.86 bits per heavy atom. The molecule has 3 rings (SSSR count). The third kappa shape index (κ3) is 4.71. The first-order valence-corrected chi connectivity index (χ1v) is 8.75. The Labute approximate surface area is 163 Å². The smallest absolute Gasteiger partial charge is 0.259 e. The van der Waals surface area contributed by atoms with E-state index in [1.165, 1.54) is 6.20 Å². The number of anilines is 1. The summed E-state index contributed by atoms with van der Waals surface area (Å²) in [4.78, 5) is 29.9. The number of aromatic nitrogens is 1. The topological polar surface area (TPSA) is 68.3 Å². The number of carbonyl (C=O) groups excluding carboxylic acids is 2. The summed E-state index contributed by atoms with van der Waals surface area (Å²) in [6.45, 7) is 1.95. The van der Waals surface area contributed by atoms with Crippen LogP contribution < -0.4 is 10.1 Å². The van der Waals surface area contributed by atoms with E-state index >= 15 is 0 Å². The van der Waals surface area contributed by atoms with Gasteiger partial charge in [0.05, 0.1) is 12.7 Å². The number of nitrogens with zero attached hydrogens (tertiary/aromatic N) is 1. The van der Waals surface area contributed by atoms with E-state index in [9.17, 15) is 9.59 Å². The van der Waals surface area contributed by atoms with Crippen LogP contribution in [-0.2, 0) is 4.79 Å². The van der Waals surface area contributed by atoms with Crippen LogP contribution in [-0.4, -0.2) is 23.8 Å². The van der Waals surface area contributed by atoms with Gasteiger partial charge in [-0.15, -0.1) is 0 Å². The van der Waals surface area contributed by atoms with Crippen LogP contribution in [0.5, 0.6) is 5.75 Å². The predicted molar refractivity (Wildman–Crippen MR) is 109 cm³/mol. The summed E-state index contributed by atoms with van der Waals surface area (Å²) in [6.07, 6.45) is 4.63. The molecule has 0 spiro atoms. The molecule has 0 unspecified atom stereocenters. The van der Waals surface area contributed by atoms with Crippen molar-refractivity contribution in [2.75, 3.05) is 12.4 Å². The summed E-state index contributed by atoms with van der Waals surface area (Å²) < 4.78 is 5.18. The van der Waals surface area contributed by atoms with E-state index in [-0.39, 0.29) is 5.57 Å². The van der Waals surface area contributed by atoms with Crippen LogP contribution in [0.4, 0.5) is 5.69 Å². The van der Waals surface area contributed by atoms with E-state index in [0.717, 1.165) is 11.1 Å². The fourth-order valence-electron chi connectivity index (χ4n) is 2.71. The van der Waals surface area contributed by atoms with E-state index < -0.39 is 11.7 Å². The Morgan fingerprint density at radius 3 is 2.57 bits per heavy atom. The van der Waals surface area contributed by atoms with Crippen molar-refractivity contribution in [3.05, 3.63) is 95.3 Å². The molecule has 0 radical (unpaired) electrons. The van der Waals surface area contributed by atoms with Gasteiger partial charge >= 0.3 is 0 Å². The van der Waals surface area contributed by atoms with Crippen LogP contribution in [0.3, 0.4) is 0 Å². The van der Waals surface area contributed by atoms with Crippen LogP contribution in [0.15, 0.2) is 78.6 Å². The van der Waals surface area contributed by atoms with Gasteiger partial charge in [0.1, 0.15) is 5.75 Å². The molecule has 0 fully saturated rings. The maximum atomic E-state index is 13.0. The van der Waals surface area contributed by atoms with Gasteiger partial charge in [-0.2, -0.15) is 0 Å². The Kier molecular flexibility index (Phi) is 5.97. The number of methoxy groups -OCH3 is 1. The second-order valence-electron chi connectivity index (χ2n) is 6.23. The molecule has 0 aliphatic heterocycles. The number of rotatable bonds is 6. The van der Waals surface area contributed by atoms with Gasteiger partial charge in [-0.05, 0) is 42.8 Å². The fourth-order valence-corrected chi connectivity index (χ4v) is 2.71. The lowest BCUT2D eigenvalue weighted by Crippen LogP contribution is -2.21. The molecule has 1 amide bonds. The number of aryl methyl sites for hydroxylation is 1. The number of amides is 1. The lowest BCUT2D eigenvalue weighted by Gasteiger charge is -2.10. The average Bonchev–Trinajstić information content (AvgIpc) is 2.72. The second kappa shape index (κ2) is 8.77. The summed E-state index contributed by atoms with van der Waals surface area (Å²) in [6, 6.07) is 17.9. The van der Waals surface area contributed by atoms with Crippen LogP contribution >= 0.6 is 0 Å². The summed E-state index contributed by atoms with van der Waals surface area (Å²) in [5, 5.41) is 2.77. The molecule has 5 heteroatoms. The molecule has 0 saturated heterocycles. The third-order valence-corrected chi connectivity index (χ3v) is 4.09. The molecule has 5 nitrogen and oxygen atoms in total. The molecule has 1 N–H and O–H groups in total. The molecular weight excluding hydrogens is 352 g/mol. The van der Waals surface area contributed by atoms with Gasteiger partial charge in [-0.1, -0.05) is 35.9 Å². The highest BCUT2D eigenvalue weighted by Gasteiger charge is 2.20. The van der Waals surface area contributed by atoms with Crippen LogP contribution in [0.25, 0.3) is 6.08 Å². The molecule has 140 valence electrons. The quantitative estimate of drug-likeness (QED) is 0.303. The van der Waals surface area contributed by atoms with Gasteiger partial charge in [0.15, 0.2) is 5.78 Å². The largest absolute Gasteiger partial charge is 0.497 e. The SMILES string of the molecule is COc1cccc(NC(=O)/C(=C/c2cccc(C)c2)C(=O)c2cccnc2)c1. The summed E-state index contributed by atoms with van der Waals surface area (Å²) >= 11 is 0. The Hall–Kier alpha value is -3.73. The molecular formula is C23H20N2O3. The Balaban J connectivity index is 1.97. The van der Waals surface area contributed by atoms with Gasteiger partial charge < -0.3 is 10.1 Å². The van der Waals surface area contributed by atoms with Crippen LogP contribution in [0.2, 0.25) is 0 Å². The number of nitrogens with one attached hydrogen (secondary N) is 1. The molecule has 3 aromatic rings. The van der Waals surface area contributed by atoms with Crippen LogP contribution in [0, 0.1) is 6.92 Å². The number of hydrogen-bond acceptors (Lipinski definition) is 4. The minimum absolute atomic E-state index is 0.0291. The Bertz CT molecular complexity index is 1030. The molecule has 0 bridgehead atoms. The molecule has 1 aromatic heterocycles. The van der Waals surface area contributed by atoms with Crippen molar-refractivity contribution >= 4 is 23.5 Å². The number of benzene rings is 2. The van der Waals surface area contributed by atoms with E-state index in [1.54, 1.807) is 55.8 Å². The van der Waals surface area contributed by atoms with Gasteiger partial charge in [0, 0.05) is 29.7 Å². The number of pyridine rings is 1. The van der Waals surface area contributed by atoms with Crippen molar-refractivity contribution in [1.82, 2.24) is 4.98 Å². The molecule has 0 aliphatic rings. The normalized spacial score (nSPS) is 11.0. The van der Waals surface area contributed by atoms with Crippen molar-refractivity contribution in [3.63, 3.8) is 0 Å². The first kappa shape index (κ1) is 19.0. The van der Waals surface area contributed by atoms with Gasteiger partial charge in [0.2, 0.25) is 0 Å². The monoisotopic (exact) mass is 372 g/mol. The third-order valence-electron chi connectivity index (χ3n) is 4.09. The van der Waals surface area contributed by atoms with Crippen molar-refractivity contribution < 1.29 is 14.3 Å². The number of Topliss-reactive ketones (excluding diaryl/α,β-unsaturated/α-hetero) is 1. The van der Waals surface area contributed by atoms with E-state index in [1.807, 2.05) is 31.2 Å². The first-order valence-electron chi connectivity index (χ1n) is 8.75. The zero-order valence-electron chi connectivity index (χ0n) is 15.7. The molecule has 28 heavy (non-hydrogen) atoms. The average molecular weight is 372 g/mol. The lowest BCUT2D eigenvalue weighted by atomic mass is 10.0. The second-order valence-corrected chi connectivity index (χ2v) is 6.23. The van der Waals surface area contributed by atoms with Gasteiger partial charge in [0.25, 0.3) is 5.91 Å². The zero-order valence-corrected chi connectivity index (χ0v) is 15.7. The summed E-state index contributed by atoms with van der Waals surface area (Å²) in [5.74, 6) is -0.279. The van der Waals surface area contributed by atoms with E-state index in [2.05, 4.69) is 10.3 Å². The van der Waals surface area contributed by atoms with Crippen LogP contribution in [0.1, 0.15) is 21.5 Å². The molecule has 0 atom stereocenters. The number of hydrogen-bond donors (Lipinski definition) is 1. The highest BCUT2D eigenvalue weighted by Crippen LogP contribution is 2.20. The first-order chi connectivity index (χ1) is 13.6. The maximum Gasteiger partial charge on any atom is 0.259 e. The molecule has 1 heterocycles. The number of carbonyl (C=O) groups is 2. The minimum Gasteiger partial charge on any atom is -0.497 e. The van der Waals surface area contributed by atoms with E-state index in [4.69, 9.17) is 4.74 Å². The van der Waals surface area contributed by atoms with Gasteiger partial charge in [-0.3, -0.25) is 14.6 Å². The number of ketones is 1. The minimum atomic E-state index is -0.497. The van der Waals surface area contributed by atoms with Gasteiger partial charge in [-0.25, -0.2) is 0 Å². The fraction of sp³-hybridized carbons (Fsp3) is 0.0870. The van der Waals surface area contributed by atoms with E-state index in [0.29, 0.717) is 17.0 Å². The van der Waals surface area contributed by atoms with Crippen molar-refractivity contribution in [1.29, 1.82) is 0 Å². The van der Waals surface area contributed by atoms with Crippen molar-refractivity contribution in [2.24, 2.45) is 0 Å². The summed E-state index contributed by atoms with van der Waals surface area (Å²) in [7, 11) is 1.55. The summed E-state index contributed by atoms with van der Waals surface area (Å²) in [5.41, 5.74) is 2.73. The van der Waals surface area contributed by atoms with Crippen molar-refractivity contribution in [2.45, 2.75) is 6.92 Å². The highest BCUT2D eigenvalue weighted by atomic mass is 16.5. The Morgan fingerprint density at radius 1 is 1.04 bits per heavy atom. The standard InChI is InChI=1S/C23H20N2O3/c1-16-6-3-7-17(12-16)13-21(22(26)18-8-5-11-24-15-18)23(27)25-19-9-4-10-20(14-19)28-2/h3-15H,1-2H3,(H,25,27)/b21-13+. The lowest BCUT2D eigenvalue weighted by molar-refractivity contribution is -0.112. The maximum absolute atomic E-state index is 13.0. The predicted octanol–water partition coefficient (Wildman–Crippen LogP) is 4.30. The molecule has 0 saturated carbocycles. The number of ether oxygens (including phenoxy) is 1. The highest BCUT2D eigenvalue weighted by molar-refractivity contribution is 6.31. The molecule has 2 aromatic carbocycles. The molecule has 0 aliphatic carbocycles. The zero-order chi connectivity index (χ0) is 19.9.